The Bertz CT molecular complexity index is 270. The standard InChI is InChI=1S/C11H16N2O/c14-8-11(10-3-6-13-7-10)9-1-4-12-5-2-9/h1-2,4-5,10-11,13-14H,3,6-8H2. The van der Waals surface area contributed by atoms with E-state index in [1.54, 1.807) is 12.4 Å². The summed E-state index contributed by atoms with van der Waals surface area (Å²) in [6.45, 7) is 2.33. The minimum absolute atomic E-state index is 0.232. The summed E-state index contributed by atoms with van der Waals surface area (Å²) in [5.41, 5.74) is 1.20. The third kappa shape index (κ3) is 1.94. The highest BCUT2D eigenvalue weighted by atomic mass is 16.3. The number of hydrogen-bond donors (Lipinski definition) is 2. The van der Waals surface area contributed by atoms with E-state index in [0.29, 0.717) is 5.92 Å². The van der Waals surface area contributed by atoms with Crippen LogP contribution in [-0.2, 0) is 0 Å². The average molecular weight is 192 g/mol. The van der Waals surface area contributed by atoms with Crippen LogP contribution in [0, 0.1) is 5.92 Å². The van der Waals surface area contributed by atoms with Gasteiger partial charge in [-0.1, -0.05) is 0 Å². The first-order chi connectivity index (χ1) is 6.92. The number of aliphatic hydroxyl groups excluding tert-OH is 1. The predicted octanol–water partition coefficient (Wildman–Crippen LogP) is 0.767. The lowest BCUT2D eigenvalue weighted by atomic mass is 9.86. The molecule has 2 atom stereocenters. The molecule has 0 saturated carbocycles. The minimum Gasteiger partial charge on any atom is -0.396 e. The molecular weight excluding hydrogens is 176 g/mol. The Morgan fingerprint density at radius 2 is 2.29 bits per heavy atom. The van der Waals surface area contributed by atoms with Gasteiger partial charge in [-0.05, 0) is 43.1 Å². The van der Waals surface area contributed by atoms with Gasteiger partial charge in [-0.15, -0.1) is 0 Å². The number of rotatable bonds is 3. The lowest BCUT2D eigenvalue weighted by molar-refractivity contribution is 0.231. The van der Waals surface area contributed by atoms with Gasteiger partial charge >= 0.3 is 0 Å². The molecule has 0 spiro atoms. The van der Waals surface area contributed by atoms with Gasteiger partial charge in [0.2, 0.25) is 0 Å². The quantitative estimate of drug-likeness (QED) is 0.743. The van der Waals surface area contributed by atoms with Crippen molar-refractivity contribution in [3.05, 3.63) is 30.1 Å². The SMILES string of the molecule is OCC(c1ccncc1)C1CCNC1. The van der Waals surface area contributed by atoms with Gasteiger partial charge in [0.25, 0.3) is 0 Å². The molecule has 0 radical (unpaired) electrons. The normalized spacial score (nSPS) is 23.6. The molecule has 1 aromatic heterocycles. The molecule has 1 aliphatic rings. The van der Waals surface area contributed by atoms with Crippen LogP contribution in [0.4, 0.5) is 0 Å². The number of aromatic nitrogens is 1. The predicted molar refractivity (Wildman–Crippen MR) is 55.0 cm³/mol. The average Bonchev–Trinajstić information content (AvgIpc) is 2.74. The summed E-state index contributed by atoms with van der Waals surface area (Å²) in [5, 5.41) is 12.7. The maximum absolute atomic E-state index is 9.39. The van der Waals surface area contributed by atoms with Crippen LogP contribution in [0.25, 0.3) is 0 Å². The molecule has 1 aliphatic heterocycles. The van der Waals surface area contributed by atoms with Gasteiger partial charge in [0.15, 0.2) is 0 Å². The summed E-state index contributed by atoms with van der Waals surface area (Å²) in [5.74, 6) is 0.843. The summed E-state index contributed by atoms with van der Waals surface area (Å²) in [7, 11) is 0. The molecule has 0 aromatic carbocycles. The zero-order valence-electron chi connectivity index (χ0n) is 8.19. The molecule has 1 aromatic rings. The Morgan fingerprint density at radius 3 is 2.86 bits per heavy atom. The van der Waals surface area contributed by atoms with Gasteiger partial charge in [-0.3, -0.25) is 4.98 Å². The van der Waals surface area contributed by atoms with Crippen molar-refractivity contribution in [3.63, 3.8) is 0 Å². The highest BCUT2D eigenvalue weighted by molar-refractivity contribution is 5.17. The van der Waals surface area contributed by atoms with Gasteiger partial charge in [0.05, 0.1) is 6.61 Å². The molecule has 3 nitrogen and oxygen atoms in total. The van der Waals surface area contributed by atoms with Gasteiger partial charge in [0.1, 0.15) is 0 Å². The maximum atomic E-state index is 9.39. The molecule has 0 bridgehead atoms. The highest BCUT2D eigenvalue weighted by Gasteiger charge is 2.25. The Hall–Kier alpha value is -0.930. The van der Waals surface area contributed by atoms with Crippen molar-refractivity contribution < 1.29 is 5.11 Å². The lowest BCUT2D eigenvalue weighted by Gasteiger charge is -2.20. The van der Waals surface area contributed by atoms with Crippen LogP contribution in [-0.4, -0.2) is 29.8 Å². The third-order valence-electron chi connectivity index (χ3n) is 3.00. The molecule has 1 fully saturated rings. The molecule has 2 unspecified atom stereocenters. The Morgan fingerprint density at radius 1 is 1.50 bits per heavy atom. The van der Waals surface area contributed by atoms with Crippen molar-refractivity contribution in [1.82, 2.24) is 10.3 Å². The maximum Gasteiger partial charge on any atom is 0.0502 e. The largest absolute Gasteiger partial charge is 0.396 e. The van der Waals surface area contributed by atoms with E-state index in [1.807, 2.05) is 12.1 Å². The smallest absolute Gasteiger partial charge is 0.0502 e. The van der Waals surface area contributed by atoms with Gasteiger partial charge < -0.3 is 10.4 Å². The first kappa shape index (κ1) is 9.62. The number of aliphatic hydroxyl groups is 1. The summed E-state index contributed by atoms with van der Waals surface area (Å²) in [6, 6.07) is 4.00. The molecule has 76 valence electrons. The second-order valence-corrected chi connectivity index (χ2v) is 3.82. The first-order valence-corrected chi connectivity index (χ1v) is 5.13. The summed E-state index contributed by atoms with van der Waals surface area (Å²) in [4.78, 5) is 3.99. The van der Waals surface area contributed by atoms with E-state index in [0.717, 1.165) is 19.5 Å². The van der Waals surface area contributed by atoms with E-state index in [1.165, 1.54) is 5.56 Å². The molecule has 1 saturated heterocycles. The first-order valence-electron chi connectivity index (χ1n) is 5.13. The van der Waals surface area contributed by atoms with Crippen LogP contribution >= 0.6 is 0 Å². The second kappa shape index (κ2) is 4.53. The van der Waals surface area contributed by atoms with E-state index in [-0.39, 0.29) is 12.5 Å². The van der Waals surface area contributed by atoms with Crippen molar-refractivity contribution in [1.29, 1.82) is 0 Å². The number of nitrogens with one attached hydrogen (secondary N) is 1. The van der Waals surface area contributed by atoms with Crippen LogP contribution in [0.2, 0.25) is 0 Å². The summed E-state index contributed by atoms with van der Waals surface area (Å²) >= 11 is 0. The number of hydrogen-bond acceptors (Lipinski definition) is 3. The highest BCUT2D eigenvalue weighted by Crippen LogP contribution is 2.27. The monoisotopic (exact) mass is 192 g/mol. The third-order valence-corrected chi connectivity index (χ3v) is 3.00. The fourth-order valence-corrected chi connectivity index (χ4v) is 2.16. The zero-order chi connectivity index (χ0) is 9.80. The van der Waals surface area contributed by atoms with Gasteiger partial charge in [-0.25, -0.2) is 0 Å². The minimum atomic E-state index is 0.232. The van der Waals surface area contributed by atoms with Crippen LogP contribution in [0.1, 0.15) is 17.9 Å². The molecule has 2 rings (SSSR count). The van der Waals surface area contributed by atoms with Crippen molar-refractivity contribution in [2.24, 2.45) is 5.92 Å². The summed E-state index contributed by atoms with van der Waals surface area (Å²) in [6.07, 6.45) is 4.74. The second-order valence-electron chi connectivity index (χ2n) is 3.82. The zero-order valence-corrected chi connectivity index (χ0v) is 8.19. The van der Waals surface area contributed by atoms with E-state index in [9.17, 15) is 5.11 Å². The fourth-order valence-electron chi connectivity index (χ4n) is 2.16. The molecule has 3 heteroatoms. The van der Waals surface area contributed by atoms with Crippen molar-refractivity contribution in [2.75, 3.05) is 19.7 Å². The Kier molecular flexibility index (Phi) is 3.11. The number of nitrogens with zero attached hydrogens (tertiary/aromatic N) is 1. The van der Waals surface area contributed by atoms with Crippen molar-refractivity contribution >= 4 is 0 Å². The van der Waals surface area contributed by atoms with E-state index in [4.69, 9.17) is 0 Å². The van der Waals surface area contributed by atoms with Crippen LogP contribution in [0.5, 0.6) is 0 Å². The molecule has 0 aliphatic carbocycles. The van der Waals surface area contributed by atoms with Crippen LogP contribution in [0.3, 0.4) is 0 Å². The summed E-state index contributed by atoms with van der Waals surface area (Å²) < 4.78 is 0. The topological polar surface area (TPSA) is 45.2 Å². The lowest BCUT2D eigenvalue weighted by Crippen LogP contribution is -2.19. The van der Waals surface area contributed by atoms with Crippen molar-refractivity contribution in [3.8, 4) is 0 Å². The van der Waals surface area contributed by atoms with Crippen LogP contribution in [0.15, 0.2) is 24.5 Å². The number of pyridine rings is 1. The Labute approximate surface area is 84.2 Å². The molecule has 0 amide bonds. The Balaban J connectivity index is 2.12. The molecule has 2 N–H and O–H groups in total. The van der Waals surface area contributed by atoms with Crippen molar-refractivity contribution in [2.45, 2.75) is 12.3 Å². The van der Waals surface area contributed by atoms with E-state index in [2.05, 4.69) is 10.3 Å². The molecule has 2 heterocycles. The molecular formula is C11H16N2O. The van der Waals surface area contributed by atoms with E-state index >= 15 is 0 Å². The van der Waals surface area contributed by atoms with Crippen LogP contribution < -0.4 is 5.32 Å². The van der Waals surface area contributed by atoms with Gasteiger partial charge in [-0.2, -0.15) is 0 Å². The molecule has 14 heavy (non-hydrogen) atoms. The van der Waals surface area contributed by atoms with E-state index < -0.39 is 0 Å². The van der Waals surface area contributed by atoms with Gasteiger partial charge in [0, 0.05) is 18.3 Å². The fraction of sp³-hybridized carbons (Fsp3) is 0.545.